The van der Waals surface area contributed by atoms with Gasteiger partial charge in [0.2, 0.25) is 0 Å². The smallest absolute Gasteiger partial charge is 0.252 e. The Morgan fingerprint density at radius 1 is 1.48 bits per heavy atom. The normalized spacial score (nSPS) is 19.2. The highest BCUT2D eigenvalue weighted by Crippen LogP contribution is 2.27. The van der Waals surface area contributed by atoms with Crippen LogP contribution in [0.2, 0.25) is 5.02 Å². The molecule has 1 atom stereocenters. The Bertz CT molecular complexity index is 647. The first-order valence-electron chi connectivity index (χ1n) is 7.25. The summed E-state index contributed by atoms with van der Waals surface area (Å²) in [6, 6.07) is 4.46. The molecule has 1 aromatic carbocycles. The quantitative estimate of drug-likeness (QED) is 0.833. The molecule has 0 aliphatic carbocycles. The van der Waals surface area contributed by atoms with Crippen LogP contribution in [0.3, 0.4) is 0 Å². The van der Waals surface area contributed by atoms with E-state index in [1.165, 1.54) is 6.07 Å². The molecule has 0 bridgehead atoms. The molecule has 6 nitrogen and oxygen atoms in total. The molecule has 8 heteroatoms. The lowest BCUT2D eigenvalue weighted by Gasteiger charge is -2.33. The van der Waals surface area contributed by atoms with Crippen LogP contribution in [0.4, 0.5) is 4.39 Å². The molecule has 1 aliphatic heterocycles. The molecule has 0 radical (unpaired) electrons. The van der Waals surface area contributed by atoms with Crippen molar-refractivity contribution in [3.63, 3.8) is 0 Å². The summed E-state index contributed by atoms with van der Waals surface area (Å²) >= 11 is 6.12. The predicted molar refractivity (Wildman–Crippen MR) is 80.4 cm³/mol. The zero-order valence-electron chi connectivity index (χ0n) is 12.7. The Balaban J connectivity index is 1.81. The standard InChI is InChI=1S/C15H17ClFN3O3/c1-21-9-14-18-15(19-23-14)13-8-22-6-5-20(13)7-10-11(16)3-2-4-12(10)17/h2-4,13H,5-9H2,1H3/t13-/m1/s1. The molecule has 1 aliphatic rings. The van der Waals surface area contributed by atoms with Gasteiger partial charge >= 0.3 is 0 Å². The van der Waals surface area contributed by atoms with Crippen LogP contribution in [-0.2, 0) is 22.6 Å². The molecule has 0 saturated carbocycles. The van der Waals surface area contributed by atoms with Gasteiger partial charge in [0.15, 0.2) is 5.82 Å². The maximum atomic E-state index is 14.0. The number of nitrogens with zero attached hydrogens (tertiary/aromatic N) is 3. The molecule has 0 unspecified atom stereocenters. The number of halogens is 2. The van der Waals surface area contributed by atoms with Gasteiger partial charge in [-0.1, -0.05) is 22.8 Å². The average Bonchev–Trinajstić information content (AvgIpc) is 3.00. The van der Waals surface area contributed by atoms with Gasteiger partial charge in [0.05, 0.1) is 19.3 Å². The lowest BCUT2D eigenvalue weighted by atomic mass is 10.1. The monoisotopic (exact) mass is 341 g/mol. The Hall–Kier alpha value is -1.54. The molecule has 3 rings (SSSR count). The van der Waals surface area contributed by atoms with E-state index in [-0.39, 0.29) is 18.5 Å². The third-order valence-electron chi connectivity index (χ3n) is 3.71. The number of morpholine rings is 1. The van der Waals surface area contributed by atoms with Crippen molar-refractivity contribution in [2.75, 3.05) is 26.9 Å². The second-order valence-electron chi connectivity index (χ2n) is 5.24. The number of rotatable bonds is 5. The highest BCUT2D eigenvalue weighted by atomic mass is 35.5. The highest BCUT2D eigenvalue weighted by Gasteiger charge is 2.30. The van der Waals surface area contributed by atoms with Crippen LogP contribution in [-0.4, -0.2) is 41.9 Å². The number of aromatic nitrogens is 2. The number of ether oxygens (including phenoxy) is 2. The van der Waals surface area contributed by atoms with Gasteiger partial charge in [-0.3, -0.25) is 4.90 Å². The summed E-state index contributed by atoms with van der Waals surface area (Å²) in [7, 11) is 1.56. The second kappa shape index (κ2) is 7.35. The van der Waals surface area contributed by atoms with Gasteiger partial charge < -0.3 is 14.0 Å². The first kappa shape index (κ1) is 16.3. The van der Waals surface area contributed by atoms with E-state index in [1.807, 2.05) is 4.90 Å². The number of hydrogen-bond acceptors (Lipinski definition) is 6. The van der Waals surface area contributed by atoms with Crippen molar-refractivity contribution in [3.05, 3.63) is 46.3 Å². The van der Waals surface area contributed by atoms with Crippen molar-refractivity contribution in [2.45, 2.75) is 19.2 Å². The first-order valence-corrected chi connectivity index (χ1v) is 7.63. The van der Waals surface area contributed by atoms with Gasteiger partial charge in [-0.25, -0.2) is 4.39 Å². The molecule has 0 amide bonds. The summed E-state index contributed by atoms with van der Waals surface area (Å²) in [5.74, 6) is 0.581. The summed E-state index contributed by atoms with van der Waals surface area (Å²) in [6.45, 7) is 2.21. The largest absolute Gasteiger partial charge is 0.378 e. The Kier molecular flexibility index (Phi) is 5.22. The third kappa shape index (κ3) is 3.69. The highest BCUT2D eigenvalue weighted by molar-refractivity contribution is 6.31. The molecule has 0 spiro atoms. The minimum absolute atomic E-state index is 0.214. The van der Waals surface area contributed by atoms with E-state index >= 15 is 0 Å². The minimum Gasteiger partial charge on any atom is -0.378 e. The molecule has 1 saturated heterocycles. The van der Waals surface area contributed by atoms with Crippen molar-refractivity contribution < 1.29 is 18.4 Å². The molecule has 0 N–H and O–H groups in total. The summed E-state index contributed by atoms with van der Waals surface area (Å²) in [5.41, 5.74) is 0.460. The fraction of sp³-hybridized carbons (Fsp3) is 0.467. The van der Waals surface area contributed by atoms with Crippen LogP contribution < -0.4 is 0 Å². The molecule has 2 heterocycles. The van der Waals surface area contributed by atoms with E-state index in [0.717, 1.165) is 0 Å². The maximum Gasteiger partial charge on any atom is 0.252 e. The Morgan fingerprint density at radius 2 is 2.35 bits per heavy atom. The third-order valence-corrected chi connectivity index (χ3v) is 4.07. The van der Waals surface area contributed by atoms with Crippen LogP contribution >= 0.6 is 11.6 Å². The zero-order valence-corrected chi connectivity index (χ0v) is 13.4. The molecule has 1 aromatic heterocycles. The molecule has 2 aromatic rings. The van der Waals surface area contributed by atoms with E-state index in [4.69, 9.17) is 25.6 Å². The van der Waals surface area contributed by atoms with Gasteiger partial charge in [0.25, 0.3) is 5.89 Å². The van der Waals surface area contributed by atoms with Crippen molar-refractivity contribution in [1.82, 2.24) is 15.0 Å². The maximum absolute atomic E-state index is 14.0. The minimum atomic E-state index is -0.323. The number of hydrogen-bond donors (Lipinski definition) is 0. The number of benzene rings is 1. The zero-order chi connectivity index (χ0) is 16.2. The first-order chi connectivity index (χ1) is 11.2. The lowest BCUT2D eigenvalue weighted by molar-refractivity contribution is -0.0170. The van der Waals surface area contributed by atoms with Gasteiger partial charge in [-0.05, 0) is 12.1 Å². The summed E-state index contributed by atoms with van der Waals surface area (Å²) in [4.78, 5) is 6.35. The summed E-state index contributed by atoms with van der Waals surface area (Å²) in [5, 5.41) is 4.39. The Morgan fingerprint density at radius 3 is 3.13 bits per heavy atom. The van der Waals surface area contributed by atoms with E-state index < -0.39 is 0 Å². The van der Waals surface area contributed by atoms with Crippen molar-refractivity contribution in [2.24, 2.45) is 0 Å². The molecule has 124 valence electrons. The predicted octanol–water partition coefficient (Wildman–Crippen LogP) is 2.58. The van der Waals surface area contributed by atoms with Gasteiger partial charge in [-0.15, -0.1) is 0 Å². The van der Waals surface area contributed by atoms with E-state index in [9.17, 15) is 4.39 Å². The van der Waals surface area contributed by atoms with Gasteiger partial charge in [0, 0.05) is 30.8 Å². The average molecular weight is 342 g/mol. The fourth-order valence-electron chi connectivity index (χ4n) is 2.54. The van der Waals surface area contributed by atoms with Crippen LogP contribution in [0.5, 0.6) is 0 Å². The van der Waals surface area contributed by atoms with Gasteiger partial charge in [-0.2, -0.15) is 4.98 Å². The van der Waals surface area contributed by atoms with Gasteiger partial charge in [0.1, 0.15) is 12.4 Å². The molecular weight excluding hydrogens is 325 g/mol. The summed E-state index contributed by atoms with van der Waals surface area (Å²) < 4.78 is 29.7. The van der Waals surface area contributed by atoms with E-state index in [1.54, 1.807) is 19.2 Å². The lowest BCUT2D eigenvalue weighted by Crippen LogP contribution is -2.39. The summed E-state index contributed by atoms with van der Waals surface area (Å²) in [6.07, 6.45) is 0. The topological polar surface area (TPSA) is 60.6 Å². The van der Waals surface area contributed by atoms with Crippen molar-refractivity contribution in [1.29, 1.82) is 0 Å². The molecule has 23 heavy (non-hydrogen) atoms. The SMILES string of the molecule is COCc1nc([C@H]2COCCN2Cc2c(F)cccc2Cl)no1. The van der Waals surface area contributed by atoms with Crippen molar-refractivity contribution >= 4 is 11.6 Å². The van der Waals surface area contributed by atoms with Crippen LogP contribution in [0, 0.1) is 5.82 Å². The molecular formula is C15H17ClFN3O3. The number of methoxy groups -OCH3 is 1. The second-order valence-corrected chi connectivity index (χ2v) is 5.65. The Labute approximate surface area is 138 Å². The van der Waals surface area contributed by atoms with Crippen molar-refractivity contribution in [3.8, 4) is 0 Å². The van der Waals surface area contributed by atoms with E-state index in [0.29, 0.717) is 48.6 Å². The van der Waals surface area contributed by atoms with Crippen LogP contribution in [0.1, 0.15) is 23.3 Å². The molecule has 1 fully saturated rings. The van der Waals surface area contributed by atoms with E-state index in [2.05, 4.69) is 10.1 Å². The van der Waals surface area contributed by atoms with Crippen LogP contribution in [0.15, 0.2) is 22.7 Å². The van der Waals surface area contributed by atoms with Crippen LogP contribution in [0.25, 0.3) is 0 Å². The fourth-order valence-corrected chi connectivity index (χ4v) is 2.76.